The molecule has 0 spiro atoms. The van der Waals surface area contributed by atoms with Crippen molar-refractivity contribution in [3.8, 4) is 11.5 Å². The predicted molar refractivity (Wildman–Crippen MR) is 95.5 cm³/mol. The van der Waals surface area contributed by atoms with Crippen molar-refractivity contribution in [1.29, 1.82) is 0 Å². The summed E-state index contributed by atoms with van der Waals surface area (Å²) in [4.78, 5) is 8.46. The highest BCUT2D eigenvalue weighted by Gasteiger charge is 1.99. The molecular formula is C18H24N4O2. The molecule has 0 amide bonds. The van der Waals surface area contributed by atoms with Crippen LogP contribution >= 0.6 is 0 Å². The summed E-state index contributed by atoms with van der Waals surface area (Å²) in [7, 11) is 3.40. The van der Waals surface area contributed by atoms with E-state index in [1.807, 2.05) is 42.5 Å². The van der Waals surface area contributed by atoms with Gasteiger partial charge in [0.1, 0.15) is 11.5 Å². The Bertz CT molecular complexity index is 615. The van der Waals surface area contributed by atoms with Crippen molar-refractivity contribution in [2.24, 2.45) is 4.99 Å². The van der Waals surface area contributed by atoms with Crippen LogP contribution in [0.1, 0.15) is 12.1 Å². The van der Waals surface area contributed by atoms with Gasteiger partial charge >= 0.3 is 0 Å². The lowest BCUT2D eigenvalue weighted by Crippen LogP contribution is -2.37. The van der Waals surface area contributed by atoms with Gasteiger partial charge in [0.15, 0.2) is 5.96 Å². The van der Waals surface area contributed by atoms with E-state index in [0.29, 0.717) is 13.2 Å². The van der Waals surface area contributed by atoms with E-state index in [9.17, 15) is 0 Å². The average Bonchev–Trinajstić information content (AvgIpc) is 2.65. The number of nitrogens with zero attached hydrogens (tertiary/aromatic N) is 2. The van der Waals surface area contributed by atoms with Gasteiger partial charge in [-0.1, -0.05) is 6.07 Å². The summed E-state index contributed by atoms with van der Waals surface area (Å²) in [5, 5.41) is 6.48. The summed E-state index contributed by atoms with van der Waals surface area (Å²) in [6.07, 6.45) is 2.65. The van der Waals surface area contributed by atoms with E-state index < -0.39 is 0 Å². The van der Waals surface area contributed by atoms with Gasteiger partial charge in [-0.15, -0.1) is 0 Å². The Kier molecular flexibility index (Phi) is 7.40. The molecule has 0 aliphatic rings. The fraction of sp³-hybridized carbons (Fsp3) is 0.333. The van der Waals surface area contributed by atoms with Gasteiger partial charge in [-0.2, -0.15) is 0 Å². The van der Waals surface area contributed by atoms with Crippen molar-refractivity contribution in [1.82, 2.24) is 15.6 Å². The van der Waals surface area contributed by atoms with E-state index in [2.05, 4.69) is 20.6 Å². The van der Waals surface area contributed by atoms with Crippen LogP contribution in [0.2, 0.25) is 0 Å². The Morgan fingerprint density at radius 2 is 1.88 bits per heavy atom. The van der Waals surface area contributed by atoms with Gasteiger partial charge in [0.2, 0.25) is 0 Å². The molecule has 0 unspecified atom stereocenters. The van der Waals surface area contributed by atoms with Crippen molar-refractivity contribution >= 4 is 5.96 Å². The zero-order valence-corrected chi connectivity index (χ0v) is 14.2. The number of guanidine groups is 1. The summed E-state index contributed by atoms with van der Waals surface area (Å²) in [6.45, 7) is 2.05. The molecule has 2 rings (SSSR count). The number of ether oxygens (including phenoxy) is 2. The van der Waals surface area contributed by atoms with Crippen LogP contribution in [-0.2, 0) is 6.54 Å². The number of hydrogen-bond donors (Lipinski definition) is 2. The third kappa shape index (κ3) is 6.16. The second-order valence-electron chi connectivity index (χ2n) is 5.05. The number of aliphatic imine (C=N–C) groups is 1. The zero-order valence-electron chi connectivity index (χ0n) is 14.2. The van der Waals surface area contributed by atoms with E-state index in [1.165, 1.54) is 0 Å². The van der Waals surface area contributed by atoms with E-state index in [1.54, 1.807) is 20.4 Å². The van der Waals surface area contributed by atoms with Gasteiger partial charge in [-0.25, -0.2) is 0 Å². The van der Waals surface area contributed by atoms with Crippen LogP contribution < -0.4 is 20.1 Å². The predicted octanol–water partition coefficient (Wildman–Crippen LogP) is 2.22. The van der Waals surface area contributed by atoms with Crippen LogP contribution in [0, 0.1) is 0 Å². The maximum atomic E-state index is 5.68. The topological polar surface area (TPSA) is 67.8 Å². The van der Waals surface area contributed by atoms with E-state index >= 15 is 0 Å². The van der Waals surface area contributed by atoms with Gasteiger partial charge in [0, 0.05) is 19.8 Å². The van der Waals surface area contributed by atoms with Crippen LogP contribution in [0.25, 0.3) is 0 Å². The van der Waals surface area contributed by atoms with Crippen molar-refractivity contribution in [3.63, 3.8) is 0 Å². The van der Waals surface area contributed by atoms with E-state index in [0.717, 1.165) is 36.1 Å². The van der Waals surface area contributed by atoms with E-state index in [-0.39, 0.29) is 0 Å². The van der Waals surface area contributed by atoms with Crippen molar-refractivity contribution in [2.45, 2.75) is 13.0 Å². The molecule has 0 aliphatic heterocycles. The Morgan fingerprint density at radius 3 is 2.54 bits per heavy atom. The Morgan fingerprint density at radius 1 is 1.08 bits per heavy atom. The summed E-state index contributed by atoms with van der Waals surface area (Å²) in [5.74, 6) is 2.42. The van der Waals surface area contributed by atoms with Gasteiger partial charge in [0.05, 0.1) is 26.0 Å². The largest absolute Gasteiger partial charge is 0.497 e. The normalized spacial score (nSPS) is 11.0. The molecule has 0 saturated heterocycles. The van der Waals surface area contributed by atoms with Crippen molar-refractivity contribution in [2.75, 3.05) is 27.3 Å². The monoisotopic (exact) mass is 328 g/mol. The molecule has 6 nitrogen and oxygen atoms in total. The molecule has 0 radical (unpaired) electrons. The minimum atomic E-state index is 0.635. The summed E-state index contributed by atoms with van der Waals surface area (Å²) in [6, 6.07) is 13.4. The second-order valence-corrected chi connectivity index (χ2v) is 5.05. The number of hydrogen-bond acceptors (Lipinski definition) is 4. The standard InChI is InChI=1S/C18H24N4O2/c1-19-18(22-14-15-6-3-4-11-20-15)21-12-5-13-24-17-9-7-16(23-2)8-10-17/h3-4,6-11H,5,12-14H2,1-2H3,(H2,19,21,22). The molecule has 24 heavy (non-hydrogen) atoms. The highest BCUT2D eigenvalue weighted by atomic mass is 16.5. The van der Waals surface area contributed by atoms with Gasteiger partial charge in [-0.3, -0.25) is 9.98 Å². The molecule has 0 fully saturated rings. The quantitative estimate of drug-likeness (QED) is 0.442. The fourth-order valence-electron chi connectivity index (χ4n) is 2.04. The number of rotatable bonds is 8. The maximum absolute atomic E-state index is 5.68. The first-order chi connectivity index (χ1) is 11.8. The lowest BCUT2D eigenvalue weighted by atomic mass is 10.3. The highest BCUT2D eigenvalue weighted by molar-refractivity contribution is 5.79. The van der Waals surface area contributed by atoms with Crippen LogP contribution in [-0.4, -0.2) is 38.3 Å². The molecule has 0 aliphatic carbocycles. The molecule has 1 heterocycles. The number of methoxy groups -OCH3 is 1. The first kappa shape index (κ1) is 17.6. The molecule has 2 aromatic rings. The number of pyridine rings is 1. The fourth-order valence-corrected chi connectivity index (χ4v) is 2.04. The Balaban J connectivity index is 1.61. The zero-order chi connectivity index (χ0) is 17.0. The lowest BCUT2D eigenvalue weighted by molar-refractivity contribution is 0.310. The number of aromatic nitrogens is 1. The van der Waals surface area contributed by atoms with Crippen LogP contribution in [0.4, 0.5) is 0 Å². The molecule has 128 valence electrons. The molecule has 0 atom stereocenters. The van der Waals surface area contributed by atoms with Gasteiger partial charge in [0.25, 0.3) is 0 Å². The molecule has 0 saturated carbocycles. The smallest absolute Gasteiger partial charge is 0.191 e. The van der Waals surface area contributed by atoms with Crippen molar-refractivity contribution < 1.29 is 9.47 Å². The van der Waals surface area contributed by atoms with Gasteiger partial charge < -0.3 is 20.1 Å². The van der Waals surface area contributed by atoms with Crippen molar-refractivity contribution in [3.05, 3.63) is 54.4 Å². The first-order valence-corrected chi connectivity index (χ1v) is 7.93. The van der Waals surface area contributed by atoms with Crippen LogP contribution in [0.5, 0.6) is 11.5 Å². The minimum absolute atomic E-state index is 0.635. The Hall–Kier alpha value is -2.76. The molecule has 1 aromatic heterocycles. The molecule has 2 N–H and O–H groups in total. The molecule has 6 heteroatoms. The molecule has 0 bridgehead atoms. The van der Waals surface area contributed by atoms with Crippen LogP contribution in [0.15, 0.2) is 53.7 Å². The third-order valence-electron chi connectivity index (χ3n) is 3.33. The van der Waals surface area contributed by atoms with E-state index in [4.69, 9.17) is 9.47 Å². The summed E-state index contributed by atoms with van der Waals surface area (Å²) < 4.78 is 10.8. The second kappa shape index (κ2) is 10.1. The number of nitrogens with one attached hydrogen (secondary N) is 2. The van der Waals surface area contributed by atoms with Crippen LogP contribution in [0.3, 0.4) is 0 Å². The SMILES string of the molecule is CN=C(NCCCOc1ccc(OC)cc1)NCc1ccccn1. The van der Waals surface area contributed by atoms with Gasteiger partial charge in [-0.05, 0) is 42.8 Å². The maximum Gasteiger partial charge on any atom is 0.191 e. The first-order valence-electron chi connectivity index (χ1n) is 7.93. The summed E-state index contributed by atoms with van der Waals surface area (Å²) >= 11 is 0. The molecular weight excluding hydrogens is 304 g/mol. The highest BCUT2D eigenvalue weighted by Crippen LogP contribution is 2.16. The molecule has 1 aromatic carbocycles. The average molecular weight is 328 g/mol. The Labute approximate surface area is 142 Å². The summed E-state index contributed by atoms with van der Waals surface area (Å²) in [5.41, 5.74) is 0.975. The number of benzene rings is 1. The third-order valence-corrected chi connectivity index (χ3v) is 3.33. The lowest BCUT2D eigenvalue weighted by Gasteiger charge is -2.12. The minimum Gasteiger partial charge on any atom is -0.497 e.